The van der Waals surface area contributed by atoms with Gasteiger partial charge in [-0.05, 0) is 18.2 Å². The molecule has 1 aromatic rings. The van der Waals surface area contributed by atoms with Crippen molar-refractivity contribution in [1.82, 2.24) is 0 Å². The molecule has 0 N–H and O–H groups in total. The Labute approximate surface area is 140 Å². The van der Waals surface area contributed by atoms with E-state index in [1.165, 1.54) is 24.8 Å². The van der Waals surface area contributed by atoms with Crippen LogP contribution >= 0.6 is 27.7 Å². The van der Waals surface area contributed by atoms with Crippen molar-refractivity contribution in [2.45, 2.75) is 18.2 Å². The number of halogens is 2. The molecule has 2 fully saturated rings. The molecule has 118 valence electrons. The zero-order valence-corrected chi connectivity index (χ0v) is 14.7. The van der Waals surface area contributed by atoms with Crippen LogP contribution in [0.25, 0.3) is 0 Å². The van der Waals surface area contributed by atoms with Crippen molar-refractivity contribution in [3.05, 3.63) is 28.5 Å². The predicted octanol–water partition coefficient (Wildman–Crippen LogP) is 2.21. The minimum Gasteiger partial charge on any atom is -0.313 e. The van der Waals surface area contributed by atoms with Crippen LogP contribution in [0.3, 0.4) is 0 Å². The number of thioether (sulfide) groups is 1. The van der Waals surface area contributed by atoms with E-state index in [1.54, 1.807) is 17.0 Å². The van der Waals surface area contributed by atoms with Crippen molar-refractivity contribution in [3.8, 4) is 0 Å². The van der Waals surface area contributed by atoms with Crippen LogP contribution in [-0.2, 0) is 14.6 Å². The van der Waals surface area contributed by atoms with E-state index >= 15 is 0 Å². The molecule has 2 unspecified atom stereocenters. The summed E-state index contributed by atoms with van der Waals surface area (Å²) >= 11 is 4.42. The molecule has 1 amide bonds. The largest absolute Gasteiger partial charge is 0.313 e. The van der Waals surface area contributed by atoms with Crippen LogP contribution in [0.2, 0.25) is 0 Å². The highest BCUT2D eigenvalue weighted by Gasteiger charge is 2.49. The first kappa shape index (κ1) is 15.9. The Morgan fingerprint density at radius 1 is 1.45 bits per heavy atom. The Morgan fingerprint density at radius 3 is 2.82 bits per heavy atom. The molecule has 5 nitrogen and oxygen atoms in total. The van der Waals surface area contributed by atoms with Crippen LogP contribution in [0.1, 0.15) is 6.92 Å². The van der Waals surface area contributed by atoms with Gasteiger partial charge in [0.1, 0.15) is 5.82 Å². The molecule has 22 heavy (non-hydrogen) atoms. The summed E-state index contributed by atoms with van der Waals surface area (Å²) < 4.78 is 38.6. The van der Waals surface area contributed by atoms with Gasteiger partial charge in [0.25, 0.3) is 0 Å². The quantitative estimate of drug-likeness (QED) is 0.714. The Bertz CT molecular complexity index is 781. The predicted molar refractivity (Wildman–Crippen MR) is 88.5 cm³/mol. The number of carbonyl (C=O) groups is 1. The fourth-order valence-corrected chi connectivity index (χ4v) is 6.94. The van der Waals surface area contributed by atoms with E-state index in [2.05, 4.69) is 20.9 Å². The lowest BCUT2D eigenvalue weighted by molar-refractivity contribution is -0.115. The first-order valence-electron chi connectivity index (χ1n) is 6.47. The lowest BCUT2D eigenvalue weighted by Crippen LogP contribution is -2.38. The maximum atomic E-state index is 14.3. The summed E-state index contributed by atoms with van der Waals surface area (Å²) in [7, 11) is -3.15. The number of amides is 1. The molecule has 0 bridgehead atoms. The van der Waals surface area contributed by atoms with Crippen LogP contribution in [-0.4, -0.2) is 42.3 Å². The van der Waals surface area contributed by atoms with Gasteiger partial charge in [-0.2, -0.15) is 4.99 Å². The second kappa shape index (κ2) is 5.61. The Hall–Kier alpha value is -0.930. The highest BCUT2D eigenvalue weighted by atomic mass is 79.9. The topological polar surface area (TPSA) is 66.8 Å². The van der Waals surface area contributed by atoms with Gasteiger partial charge in [0, 0.05) is 16.6 Å². The molecule has 0 radical (unpaired) electrons. The van der Waals surface area contributed by atoms with Gasteiger partial charge >= 0.3 is 0 Å². The van der Waals surface area contributed by atoms with E-state index in [0.29, 0.717) is 9.64 Å². The van der Waals surface area contributed by atoms with Crippen LogP contribution in [0.5, 0.6) is 0 Å². The van der Waals surface area contributed by atoms with Gasteiger partial charge in [0.15, 0.2) is 15.0 Å². The Morgan fingerprint density at radius 2 is 2.18 bits per heavy atom. The molecule has 2 saturated heterocycles. The third-order valence-electron chi connectivity index (χ3n) is 3.49. The van der Waals surface area contributed by atoms with Crippen LogP contribution < -0.4 is 4.90 Å². The summed E-state index contributed by atoms with van der Waals surface area (Å²) in [6.45, 7) is 1.31. The fraction of sp³-hybridized carbons (Fsp3) is 0.385. The van der Waals surface area contributed by atoms with Crippen LogP contribution in [0.15, 0.2) is 27.7 Å². The molecule has 2 aliphatic heterocycles. The molecule has 3 rings (SSSR count). The molecule has 0 spiro atoms. The highest BCUT2D eigenvalue weighted by Crippen LogP contribution is 2.42. The van der Waals surface area contributed by atoms with Gasteiger partial charge in [-0.25, -0.2) is 12.8 Å². The second-order valence-electron chi connectivity index (χ2n) is 5.18. The van der Waals surface area contributed by atoms with Gasteiger partial charge < -0.3 is 4.90 Å². The number of hydrogen-bond acceptors (Lipinski definition) is 4. The molecule has 1 aromatic carbocycles. The number of anilines is 1. The molecule has 2 aliphatic rings. The molecular formula is C13H12BrFN2O3S2. The number of fused-ring (bicyclic) bond motifs is 1. The normalized spacial score (nSPS) is 28.1. The number of carbonyl (C=O) groups excluding carboxylic acids is 1. The zero-order valence-electron chi connectivity index (χ0n) is 11.5. The van der Waals surface area contributed by atoms with E-state index in [0.717, 1.165) is 0 Å². The van der Waals surface area contributed by atoms with E-state index < -0.39 is 27.6 Å². The number of nitrogens with zero attached hydrogens (tertiary/aromatic N) is 2. The first-order chi connectivity index (χ1) is 10.3. The van der Waals surface area contributed by atoms with E-state index in [1.807, 2.05) is 0 Å². The highest BCUT2D eigenvalue weighted by molar-refractivity contribution is 9.10. The molecule has 0 saturated carbocycles. The van der Waals surface area contributed by atoms with E-state index in [9.17, 15) is 17.6 Å². The monoisotopic (exact) mass is 406 g/mol. The number of rotatable bonds is 1. The SMILES string of the molecule is CC(=O)N=C1SC2CS(=O)(=O)CC2N1c1ccc(Br)cc1F. The Balaban J connectivity index is 2.08. The third-order valence-corrected chi connectivity index (χ3v) is 7.19. The number of hydrogen-bond donors (Lipinski definition) is 0. The maximum Gasteiger partial charge on any atom is 0.244 e. The number of aliphatic imine (C=N–C) groups is 1. The molecule has 9 heteroatoms. The Kier molecular flexibility index (Phi) is 4.07. The minimum atomic E-state index is -3.15. The summed E-state index contributed by atoms with van der Waals surface area (Å²) in [6.07, 6.45) is 0. The molecule has 2 heterocycles. The standard InChI is InChI=1S/C13H12BrFN2O3S2/c1-7(18)16-13-17(10-3-2-8(14)4-9(10)15)11-5-22(19,20)6-12(11)21-13/h2-4,11-12H,5-6H2,1H3. The molecule has 0 aromatic heterocycles. The number of sulfone groups is 1. The van der Waals surface area contributed by atoms with Gasteiger partial charge in [-0.1, -0.05) is 27.7 Å². The third kappa shape index (κ3) is 2.93. The van der Waals surface area contributed by atoms with Gasteiger partial charge in [-0.3, -0.25) is 4.79 Å². The van der Waals surface area contributed by atoms with Crippen molar-refractivity contribution in [3.63, 3.8) is 0 Å². The van der Waals surface area contributed by atoms with Crippen LogP contribution in [0, 0.1) is 5.82 Å². The van der Waals surface area contributed by atoms with Gasteiger partial charge in [0.2, 0.25) is 5.91 Å². The lowest BCUT2D eigenvalue weighted by Gasteiger charge is -2.24. The van der Waals surface area contributed by atoms with Crippen molar-refractivity contribution in [1.29, 1.82) is 0 Å². The second-order valence-corrected chi connectivity index (χ2v) is 9.46. The number of benzene rings is 1. The summed E-state index contributed by atoms with van der Waals surface area (Å²) in [5.74, 6) is -0.922. The lowest BCUT2D eigenvalue weighted by atomic mass is 10.2. The van der Waals surface area contributed by atoms with E-state index in [-0.39, 0.29) is 22.4 Å². The fourth-order valence-electron chi connectivity index (χ4n) is 2.66. The molecule has 2 atom stereocenters. The maximum absolute atomic E-state index is 14.3. The number of amidine groups is 1. The summed E-state index contributed by atoms with van der Waals surface area (Å²) in [4.78, 5) is 16.8. The average molecular weight is 407 g/mol. The van der Waals surface area contributed by atoms with Crippen molar-refractivity contribution >= 4 is 54.3 Å². The van der Waals surface area contributed by atoms with Crippen molar-refractivity contribution in [2.24, 2.45) is 4.99 Å². The zero-order chi connectivity index (χ0) is 16.1. The summed E-state index contributed by atoms with van der Waals surface area (Å²) in [6, 6.07) is 4.14. The van der Waals surface area contributed by atoms with Crippen molar-refractivity contribution < 1.29 is 17.6 Å². The van der Waals surface area contributed by atoms with E-state index in [4.69, 9.17) is 0 Å². The summed E-state index contributed by atoms with van der Waals surface area (Å²) in [5, 5.41) is 0.129. The average Bonchev–Trinajstić information content (AvgIpc) is 2.81. The van der Waals surface area contributed by atoms with Gasteiger partial charge in [-0.15, -0.1) is 0 Å². The van der Waals surface area contributed by atoms with Crippen LogP contribution in [0.4, 0.5) is 10.1 Å². The van der Waals surface area contributed by atoms with Gasteiger partial charge in [0.05, 0.1) is 23.2 Å². The first-order valence-corrected chi connectivity index (χ1v) is 9.97. The molecular weight excluding hydrogens is 395 g/mol. The smallest absolute Gasteiger partial charge is 0.244 e. The molecule has 0 aliphatic carbocycles. The van der Waals surface area contributed by atoms with Crippen molar-refractivity contribution in [2.75, 3.05) is 16.4 Å². The minimum absolute atomic E-state index is 0.0217. The summed E-state index contributed by atoms with van der Waals surface area (Å²) in [5.41, 5.74) is 0.236.